The van der Waals surface area contributed by atoms with Crippen LogP contribution in [0.2, 0.25) is 0 Å². The number of rotatable bonds is 6. The predicted octanol–water partition coefficient (Wildman–Crippen LogP) is 2.71. The van der Waals surface area contributed by atoms with Crippen LogP contribution in [0.4, 0.5) is 0 Å². The van der Waals surface area contributed by atoms with Crippen LogP contribution in [0.15, 0.2) is 53.9 Å². The first kappa shape index (κ1) is 19.1. The van der Waals surface area contributed by atoms with E-state index in [-0.39, 0.29) is 17.9 Å². The van der Waals surface area contributed by atoms with E-state index in [0.29, 0.717) is 13.0 Å². The summed E-state index contributed by atoms with van der Waals surface area (Å²) in [4.78, 5) is 32.2. The fraction of sp³-hybridized carbons (Fsp3) is 0.364. The molecule has 0 aliphatic carbocycles. The monoisotopic (exact) mass is 395 g/mol. The number of nitrogens with zero attached hydrogens (tertiary/aromatic N) is 3. The van der Waals surface area contributed by atoms with E-state index in [2.05, 4.69) is 34.1 Å². The minimum Gasteiger partial charge on any atom is -0.297 e. The molecular formula is C22H25N3O2S. The average molecular weight is 396 g/mol. The van der Waals surface area contributed by atoms with E-state index in [9.17, 15) is 9.59 Å². The van der Waals surface area contributed by atoms with Crippen LogP contribution in [0.5, 0.6) is 0 Å². The normalized spacial score (nSPS) is 21.9. The molecule has 2 aromatic rings. The fourth-order valence-electron chi connectivity index (χ4n) is 3.84. The lowest BCUT2D eigenvalue weighted by molar-refractivity contribution is -0.140. The zero-order valence-corrected chi connectivity index (χ0v) is 16.7. The van der Waals surface area contributed by atoms with E-state index >= 15 is 0 Å². The molecule has 0 bridgehead atoms. The molecule has 0 radical (unpaired) electrons. The second-order valence-corrected chi connectivity index (χ2v) is 8.30. The van der Waals surface area contributed by atoms with Gasteiger partial charge in [-0.1, -0.05) is 48.6 Å². The average Bonchev–Trinajstić information content (AvgIpc) is 3.33. The molecule has 6 heteroatoms. The zero-order valence-electron chi connectivity index (χ0n) is 15.9. The molecule has 0 saturated carbocycles. The van der Waals surface area contributed by atoms with Gasteiger partial charge in [0.25, 0.3) is 0 Å². The van der Waals surface area contributed by atoms with Gasteiger partial charge in [0.05, 0.1) is 19.0 Å². The molecule has 2 aliphatic rings. The molecule has 2 saturated heterocycles. The van der Waals surface area contributed by atoms with Gasteiger partial charge in [-0.3, -0.25) is 24.3 Å². The Hall–Kier alpha value is -2.28. The zero-order chi connectivity index (χ0) is 19.3. The van der Waals surface area contributed by atoms with Gasteiger partial charge in [0.1, 0.15) is 0 Å². The number of carbonyl (C=O) groups is 2. The van der Waals surface area contributed by atoms with E-state index < -0.39 is 0 Å². The molecule has 1 aromatic carbocycles. The number of imide groups is 1. The van der Waals surface area contributed by atoms with Crippen molar-refractivity contribution in [3.05, 3.63) is 64.4 Å². The van der Waals surface area contributed by atoms with E-state index in [4.69, 9.17) is 0 Å². The van der Waals surface area contributed by atoms with Gasteiger partial charge in [-0.25, -0.2) is 0 Å². The second-order valence-electron chi connectivity index (χ2n) is 7.27. The third-order valence-electron chi connectivity index (χ3n) is 5.44. The molecule has 146 valence electrons. The van der Waals surface area contributed by atoms with Crippen molar-refractivity contribution in [1.29, 1.82) is 0 Å². The first-order valence-corrected chi connectivity index (χ1v) is 10.6. The van der Waals surface area contributed by atoms with Crippen molar-refractivity contribution < 1.29 is 9.59 Å². The quantitative estimate of drug-likeness (QED) is 0.706. The molecule has 2 fully saturated rings. The highest BCUT2D eigenvalue weighted by molar-refractivity contribution is 7.09. The van der Waals surface area contributed by atoms with Gasteiger partial charge in [-0.05, 0) is 17.0 Å². The molecule has 28 heavy (non-hydrogen) atoms. The van der Waals surface area contributed by atoms with Gasteiger partial charge in [-0.2, -0.15) is 0 Å². The van der Waals surface area contributed by atoms with Gasteiger partial charge >= 0.3 is 0 Å². The van der Waals surface area contributed by atoms with Gasteiger partial charge in [0, 0.05) is 37.6 Å². The number of piperazine rings is 1. The molecule has 0 unspecified atom stereocenters. The maximum Gasteiger partial charge on any atom is 0.247 e. The highest BCUT2D eigenvalue weighted by Crippen LogP contribution is 2.23. The molecule has 4 rings (SSSR count). The summed E-state index contributed by atoms with van der Waals surface area (Å²) in [5.74, 6) is -0.0764. The fourth-order valence-corrected chi connectivity index (χ4v) is 4.53. The summed E-state index contributed by atoms with van der Waals surface area (Å²) < 4.78 is 0. The van der Waals surface area contributed by atoms with Crippen LogP contribution in [0.1, 0.15) is 16.9 Å². The molecule has 1 aromatic heterocycles. The first-order chi connectivity index (χ1) is 13.7. The Morgan fingerprint density at radius 3 is 2.50 bits per heavy atom. The molecule has 0 spiro atoms. The number of thiophene rings is 1. The number of hydrogen-bond donors (Lipinski definition) is 0. The number of benzene rings is 1. The third kappa shape index (κ3) is 4.41. The van der Waals surface area contributed by atoms with Crippen molar-refractivity contribution in [2.24, 2.45) is 0 Å². The summed E-state index contributed by atoms with van der Waals surface area (Å²) in [5, 5.41) is 1.98. The molecule has 0 N–H and O–H groups in total. The number of hydrogen-bond acceptors (Lipinski definition) is 5. The van der Waals surface area contributed by atoms with Crippen molar-refractivity contribution in [1.82, 2.24) is 14.7 Å². The largest absolute Gasteiger partial charge is 0.297 e. The van der Waals surface area contributed by atoms with Crippen LogP contribution in [0.25, 0.3) is 6.08 Å². The summed E-state index contributed by atoms with van der Waals surface area (Å²) in [6.45, 7) is 4.82. The van der Waals surface area contributed by atoms with Crippen molar-refractivity contribution in [3.63, 3.8) is 0 Å². The number of likely N-dealkylation sites (tertiary alicyclic amines) is 1. The Bertz CT molecular complexity index is 827. The Balaban J connectivity index is 1.27. The van der Waals surface area contributed by atoms with Crippen LogP contribution < -0.4 is 0 Å². The van der Waals surface area contributed by atoms with Crippen LogP contribution in [-0.2, 0) is 16.1 Å². The summed E-state index contributed by atoms with van der Waals surface area (Å²) in [6, 6.07) is 13.9. The number of amides is 2. The van der Waals surface area contributed by atoms with E-state index in [0.717, 1.165) is 37.6 Å². The lowest BCUT2D eigenvalue weighted by atomic mass is 10.1. The van der Waals surface area contributed by atoms with Crippen molar-refractivity contribution in [3.8, 4) is 0 Å². The topological polar surface area (TPSA) is 43.9 Å². The van der Waals surface area contributed by atoms with E-state index in [1.165, 1.54) is 10.5 Å². The molecular weight excluding hydrogens is 370 g/mol. The molecule has 5 nitrogen and oxygen atoms in total. The summed E-state index contributed by atoms with van der Waals surface area (Å²) >= 11 is 1.58. The Morgan fingerprint density at radius 1 is 1.00 bits per heavy atom. The molecule has 1 atom stereocenters. The van der Waals surface area contributed by atoms with Gasteiger partial charge in [-0.15, -0.1) is 11.3 Å². The summed E-state index contributed by atoms with van der Waals surface area (Å²) in [7, 11) is 0. The summed E-state index contributed by atoms with van der Waals surface area (Å²) in [6.07, 6.45) is 4.66. The standard InChI is InChI=1S/C22H25N3O2S/c26-21-16-20(22(27)25(21)17-19-9-5-15-28-19)24-13-11-23(12-14-24)10-4-8-18-6-2-1-3-7-18/h1-9,15,20H,10-14,16-17H2/b8-4+/t20-/m1/s1. The highest BCUT2D eigenvalue weighted by atomic mass is 32.1. The lowest BCUT2D eigenvalue weighted by Gasteiger charge is -2.36. The van der Waals surface area contributed by atoms with Crippen molar-refractivity contribution in [2.75, 3.05) is 32.7 Å². The van der Waals surface area contributed by atoms with E-state index in [1.54, 1.807) is 11.3 Å². The van der Waals surface area contributed by atoms with Crippen LogP contribution >= 0.6 is 11.3 Å². The van der Waals surface area contributed by atoms with Crippen LogP contribution in [0.3, 0.4) is 0 Å². The smallest absolute Gasteiger partial charge is 0.247 e. The van der Waals surface area contributed by atoms with Crippen molar-refractivity contribution in [2.45, 2.75) is 19.0 Å². The Morgan fingerprint density at radius 2 is 1.79 bits per heavy atom. The second kappa shape index (κ2) is 8.82. The van der Waals surface area contributed by atoms with E-state index in [1.807, 2.05) is 35.7 Å². The number of carbonyl (C=O) groups excluding carboxylic acids is 2. The molecule has 2 aliphatic heterocycles. The third-order valence-corrected chi connectivity index (χ3v) is 6.30. The lowest BCUT2D eigenvalue weighted by Crippen LogP contribution is -2.52. The molecule has 3 heterocycles. The highest BCUT2D eigenvalue weighted by Gasteiger charge is 2.42. The van der Waals surface area contributed by atoms with Crippen LogP contribution in [-0.4, -0.2) is 65.3 Å². The van der Waals surface area contributed by atoms with Gasteiger partial charge < -0.3 is 0 Å². The Labute approximate surface area is 169 Å². The predicted molar refractivity (Wildman–Crippen MR) is 112 cm³/mol. The van der Waals surface area contributed by atoms with Gasteiger partial charge in [0.15, 0.2) is 0 Å². The van der Waals surface area contributed by atoms with Crippen LogP contribution in [0, 0.1) is 0 Å². The van der Waals surface area contributed by atoms with Crippen molar-refractivity contribution >= 4 is 29.2 Å². The maximum absolute atomic E-state index is 12.8. The SMILES string of the molecule is O=C1C[C@@H](N2CCN(C/C=C/c3ccccc3)CC2)C(=O)N1Cc1cccs1. The maximum atomic E-state index is 12.8. The Kier molecular flexibility index (Phi) is 6.00. The summed E-state index contributed by atoms with van der Waals surface area (Å²) in [5.41, 5.74) is 1.21. The minimum atomic E-state index is -0.283. The minimum absolute atomic E-state index is 0.0316. The first-order valence-electron chi connectivity index (χ1n) is 9.75. The molecule has 2 amide bonds. The van der Waals surface area contributed by atoms with Gasteiger partial charge in [0.2, 0.25) is 11.8 Å².